The molecule has 0 aromatic carbocycles. The molecule has 1 aromatic rings. The van der Waals surface area contributed by atoms with Crippen molar-refractivity contribution in [2.75, 3.05) is 6.61 Å². The molecule has 0 radical (unpaired) electrons. The number of aryl methyl sites for hydroxylation is 1. The van der Waals surface area contributed by atoms with Crippen molar-refractivity contribution in [3.05, 3.63) is 18.0 Å². The second-order valence-corrected chi connectivity index (χ2v) is 4.55. The third-order valence-electron chi connectivity index (χ3n) is 3.03. The molecule has 1 heterocycles. The highest BCUT2D eigenvalue weighted by Crippen LogP contribution is 2.36. The molecule has 4 heteroatoms. The summed E-state index contributed by atoms with van der Waals surface area (Å²) in [6.45, 7) is 2.65. The van der Waals surface area contributed by atoms with Gasteiger partial charge in [0.25, 0.3) is 0 Å². The number of hydrogen-bond donors (Lipinski definition) is 1. The van der Waals surface area contributed by atoms with Crippen LogP contribution in [0.1, 0.15) is 25.3 Å². The maximum absolute atomic E-state index is 10.2. The van der Waals surface area contributed by atoms with Crippen LogP contribution < -0.4 is 0 Å². The van der Waals surface area contributed by atoms with Crippen molar-refractivity contribution in [2.45, 2.75) is 38.4 Å². The number of hydrogen-bond acceptors (Lipinski definition) is 3. The fourth-order valence-corrected chi connectivity index (χ4v) is 2.11. The molecule has 1 aliphatic rings. The molecule has 16 heavy (non-hydrogen) atoms. The van der Waals surface area contributed by atoms with E-state index in [4.69, 9.17) is 4.74 Å². The first-order chi connectivity index (χ1) is 7.70. The van der Waals surface area contributed by atoms with Crippen molar-refractivity contribution in [1.82, 2.24) is 9.78 Å². The highest BCUT2D eigenvalue weighted by atomic mass is 16.5. The Balaban J connectivity index is 1.91. The maximum Gasteiger partial charge on any atom is 0.0865 e. The molecule has 1 aliphatic carbocycles. The molecule has 2 unspecified atom stereocenters. The van der Waals surface area contributed by atoms with Crippen LogP contribution in [0, 0.1) is 5.92 Å². The Hall–Kier alpha value is -0.870. The van der Waals surface area contributed by atoms with Gasteiger partial charge in [-0.1, -0.05) is 0 Å². The summed E-state index contributed by atoms with van der Waals surface area (Å²) in [7, 11) is 1.89. The van der Waals surface area contributed by atoms with Crippen LogP contribution in [-0.4, -0.2) is 33.7 Å². The zero-order valence-corrected chi connectivity index (χ0v) is 9.97. The Morgan fingerprint density at radius 3 is 2.88 bits per heavy atom. The fourth-order valence-electron chi connectivity index (χ4n) is 2.11. The minimum Gasteiger partial charge on any atom is -0.390 e. The van der Waals surface area contributed by atoms with Crippen LogP contribution in [0.5, 0.6) is 0 Å². The van der Waals surface area contributed by atoms with Crippen molar-refractivity contribution < 1.29 is 9.84 Å². The first kappa shape index (κ1) is 11.6. The van der Waals surface area contributed by atoms with Crippen molar-refractivity contribution in [3.63, 3.8) is 0 Å². The molecule has 1 N–H and O–H groups in total. The van der Waals surface area contributed by atoms with Gasteiger partial charge in [0, 0.05) is 26.3 Å². The second kappa shape index (κ2) is 4.97. The van der Waals surface area contributed by atoms with Gasteiger partial charge in [-0.15, -0.1) is 0 Å². The Kier molecular flexibility index (Phi) is 3.61. The number of aliphatic hydroxyl groups is 1. The van der Waals surface area contributed by atoms with Crippen molar-refractivity contribution in [1.29, 1.82) is 0 Å². The normalized spacial score (nSPS) is 19.7. The summed E-state index contributed by atoms with van der Waals surface area (Å²) in [6.07, 6.45) is 6.36. The van der Waals surface area contributed by atoms with Gasteiger partial charge in [0.2, 0.25) is 0 Å². The standard InChI is InChI=1S/C12H20N2O2/c1-3-16-12(10-4-5-10)11(15)6-9-7-13-14(2)8-9/h7-8,10-12,15H,3-6H2,1-2H3. The predicted molar refractivity (Wildman–Crippen MR) is 61.1 cm³/mol. The quantitative estimate of drug-likeness (QED) is 0.788. The molecule has 1 aromatic heterocycles. The largest absolute Gasteiger partial charge is 0.390 e. The molecule has 0 amide bonds. The third-order valence-corrected chi connectivity index (χ3v) is 3.03. The predicted octanol–water partition coefficient (Wildman–Crippen LogP) is 1.14. The number of aliphatic hydroxyl groups excluding tert-OH is 1. The van der Waals surface area contributed by atoms with Crippen molar-refractivity contribution >= 4 is 0 Å². The molecule has 1 saturated carbocycles. The van der Waals surface area contributed by atoms with Gasteiger partial charge in [-0.3, -0.25) is 4.68 Å². The molecule has 0 saturated heterocycles. The lowest BCUT2D eigenvalue weighted by molar-refractivity contribution is -0.0439. The van der Waals surface area contributed by atoms with Gasteiger partial charge < -0.3 is 9.84 Å². The Labute approximate surface area is 96.2 Å². The molecular weight excluding hydrogens is 204 g/mol. The van der Waals surface area contributed by atoms with Gasteiger partial charge in [0.05, 0.1) is 18.4 Å². The molecule has 90 valence electrons. The third kappa shape index (κ3) is 2.83. The topological polar surface area (TPSA) is 47.3 Å². The smallest absolute Gasteiger partial charge is 0.0865 e. The summed E-state index contributed by atoms with van der Waals surface area (Å²) in [5.74, 6) is 0.562. The van der Waals surface area contributed by atoms with Gasteiger partial charge in [-0.2, -0.15) is 5.10 Å². The van der Waals surface area contributed by atoms with Crippen LogP contribution in [0.3, 0.4) is 0 Å². The molecule has 4 nitrogen and oxygen atoms in total. The zero-order chi connectivity index (χ0) is 11.5. The van der Waals surface area contributed by atoms with E-state index in [0.29, 0.717) is 18.9 Å². The molecule has 1 fully saturated rings. The summed E-state index contributed by atoms with van der Waals surface area (Å²) in [5.41, 5.74) is 1.07. The van der Waals surface area contributed by atoms with Gasteiger partial charge in [-0.05, 0) is 31.2 Å². The number of nitrogens with zero attached hydrogens (tertiary/aromatic N) is 2. The van der Waals surface area contributed by atoms with E-state index >= 15 is 0 Å². The summed E-state index contributed by atoms with van der Waals surface area (Å²) in [5, 5.41) is 14.3. The van der Waals surface area contributed by atoms with E-state index in [2.05, 4.69) is 5.10 Å². The first-order valence-corrected chi connectivity index (χ1v) is 5.98. The van der Waals surface area contributed by atoms with Gasteiger partial charge in [0.1, 0.15) is 0 Å². The summed E-state index contributed by atoms with van der Waals surface area (Å²) in [6, 6.07) is 0. The first-order valence-electron chi connectivity index (χ1n) is 5.98. The van der Waals surface area contributed by atoms with Crippen LogP contribution in [0.25, 0.3) is 0 Å². The molecule has 0 aliphatic heterocycles. The minimum atomic E-state index is -0.406. The lowest BCUT2D eigenvalue weighted by Gasteiger charge is -2.22. The summed E-state index contributed by atoms with van der Waals surface area (Å²) >= 11 is 0. The van der Waals surface area contributed by atoms with Crippen LogP contribution in [0.15, 0.2) is 12.4 Å². The van der Waals surface area contributed by atoms with Gasteiger partial charge in [0.15, 0.2) is 0 Å². The lowest BCUT2D eigenvalue weighted by atomic mass is 10.0. The summed E-state index contributed by atoms with van der Waals surface area (Å²) < 4.78 is 7.39. The zero-order valence-electron chi connectivity index (χ0n) is 9.97. The minimum absolute atomic E-state index is 0.00482. The SMILES string of the molecule is CCOC(C(O)Cc1cnn(C)c1)C1CC1. The molecule has 2 atom stereocenters. The molecule has 0 spiro atoms. The highest BCUT2D eigenvalue weighted by Gasteiger charge is 2.36. The average molecular weight is 224 g/mol. The van der Waals surface area contributed by atoms with Gasteiger partial charge >= 0.3 is 0 Å². The van der Waals surface area contributed by atoms with Crippen LogP contribution in [0.2, 0.25) is 0 Å². The van der Waals surface area contributed by atoms with Crippen molar-refractivity contribution in [2.24, 2.45) is 13.0 Å². The van der Waals surface area contributed by atoms with E-state index < -0.39 is 6.10 Å². The number of rotatable bonds is 6. The summed E-state index contributed by atoms with van der Waals surface area (Å²) in [4.78, 5) is 0. The van der Waals surface area contributed by atoms with E-state index in [1.54, 1.807) is 10.9 Å². The monoisotopic (exact) mass is 224 g/mol. The lowest BCUT2D eigenvalue weighted by Crippen LogP contribution is -2.32. The van der Waals surface area contributed by atoms with Crippen LogP contribution in [0.4, 0.5) is 0 Å². The maximum atomic E-state index is 10.2. The van der Waals surface area contributed by atoms with Gasteiger partial charge in [-0.25, -0.2) is 0 Å². The molecule has 2 rings (SSSR count). The van der Waals surface area contributed by atoms with E-state index in [9.17, 15) is 5.11 Å². The molecular formula is C12H20N2O2. The van der Waals surface area contributed by atoms with E-state index in [1.165, 1.54) is 12.8 Å². The number of aromatic nitrogens is 2. The van der Waals surface area contributed by atoms with Crippen LogP contribution >= 0.6 is 0 Å². The van der Waals surface area contributed by atoms with Crippen LogP contribution in [-0.2, 0) is 18.2 Å². The Morgan fingerprint density at radius 1 is 1.62 bits per heavy atom. The van der Waals surface area contributed by atoms with E-state index in [1.807, 2.05) is 20.2 Å². The van der Waals surface area contributed by atoms with E-state index in [-0.39, 0.29) is 6.10 Å². The Morgan fingerprint density at radius 2 is 2.38 bits per heavy atom. The fraction of sp³-hybridized carbons (Fsp3) is 0.750. The van der Waals surface area contributed by atoms with E-state index in [0.717, 1.165) is 5.56 Å². The Bertz CT molecular complexity index is 334. The number of ether oxygens (including phenoxy) is 1. The van der Waals surface area contributed by atoms with Crippen molar-refractivity contribution in [3.8, 4) is 0 Å². The molecule has 0 bridgehead atoms. The average Bonchev–Trinajstić information content (AvgIpc) is 3.00. The second-order valence-electron chi connectivity index (χ2n) is 4.55. The highest BCUT2D eigenvalue weighted by molar-refractivity contribution is 5.06.